The highest BCUT2D eigenvalue weighted by Crippen LogP contribution is 2.43. The van der Waals surface area contributed by atoms with Crippen molar-refractivity contribution in [2.24, 2.45) is 0 Å². The van der Waals surface area contributed by atoms with Crippen molar-refractivity contribution in [3.63, 3.8) is 0 Å². The Morgan fingerprint density at radius 2 is 2.00 bits per heavy atom. The van der Waals surface area contributed by atoms with E-state index in [1.807, 2.05) is 17.5 Å². The first-order valence-electron chi connectivity index (χ1n) is 8.87. The molecule has 2 aromatic heterocycles. The molecule has 1 fully saturated rings. The van der Waals surface area contributed by atoms with Crippen LogP contribution in [-0.2, 0) is 16.1 Å². The number of carbonyl (C=O) groups excluding carboxylic acids is 2. The highest BCUT2D eigenvalue weighted by atomic mass is 32.1. The molecule has 3 aromatic rings. The van der Waals surface area contributed by atoms with Crippen molar-refractivity contribution in [3.05, 3.63) is 75.9 Å². The van der Waals surface area contributed by atoms with Gasteiger partial charge in [-0.1, -0.05) is 6.07 Å². The number of benzene rings is 1. The second-order valence-electron chi connectivity index (χ2n) is 6.59. The summed E-state index contributed by atoms with van der Waals surface area (Å²) in [6.45, 7) is 0.223. The lowest BCUT2D eigenvalue weighted by Gasteiger charge is -2.23. The Morgan fingerprint density at radius 1 is 1.14 bits per heavy atom. The number of Topliss-reactive ketones (excluding diaryl/α,β-unsaturated/α-hetero) is 1. The maximum atomic E-state index is 12.9. The highest BCUT2D eigenvalue weighted by Gasteiger charge is 2.46. The maximum Gasteiger partial charge on any atom is 0.296 e. The van der Waals surface area contributed by atoms with E-state index in [2.05, 4.69) is 0 Å². The number of nitrogens with zero attached hydrogens (tertiary/aromatic N) is 1. The third kappa shape index (κ3) is 2.89. The van der Waals surface area contributed by atoms with Crippen LogP contribution in [0.1, 0.15) is 22.2 Å². The number of likely N-dealkylation sites (tertiary alicyclic amines) is 1. The maximum absolute atomic E-state index is 12.9. The zero-order chi connectivity index (χ0) is 20.0. The normalized spacial score (nSPS) is 19.9. The van der Waals surface area contributed by atoms with Crippen LogP contribution in [0.15, 0.2) is 64.1 Å². The number of aliphatic hydroxyl groups is 1. The average Bonchev–Trinajstić information content (AvgIpc) is 3.51. The topological polar surface area (TPSA) is 89.2 Å². The molecule has 8 heteroatoms. The molecule has 1 aromatic carbocycles. The van der Waals surface area contributed by atoms with E-state index in [0.717, 1.165) is 4.88 Å². The van der Waals surface area contributed by atoms with E-state index < -0.39 is 17.7 Å². The molecule has 0 bridgehead atoms. The number of ether oxygens (including phenoxy) is 2. The molecule has 0 saturated carbocycles. The summed E-state index contributed by atoms with van der Waals surface area (Å²) in [6, 6.07) is 11.3. The summed E-state index contributed by atoms with van der Waals surface area (Å²) in [7, 11) is 0. The van der Waals surface area contributed by atoms with Crippen LogP contribution in [0.2, 0.25) is 0 Å². The van der Waals surface area contributed by atoms with Gasteiger partial charge in [-0.05, 0) is 41.8 Å². The number of hydrogen-bond acceptors (Lipinski definition) is 7. The van der Waals surface area contributed by atoms with E-state index in [1.54, 1.807) is 30.3 Å². The molecule has 1 unspecified atom stereocenters. The van der Waals surface area contributed by atoms with Gasteiger partial charge in [-0.3, -0.25) is 9.59 Å². The van der Waals surface area contributed by atoms with Gasteiger partial charge in [-0.15, -0.1) is 11.3 Å². The number of amides is 1. The minimum atomic E-state index is -0.731. The van der Waals surface area contributed by atoms with Crippen molar-refractivity contribution in [1.29, 1.82) is 0 Å². The summed E-state index contributed by atoms with van der Waals surface area (Å²) in [5.41, 5.74) is 0.426. The molecular weight excluding hydrogens is 394 g/mol. The van der Waals surface area contributed by atoms with E-state index in [9.17, 15) is 14.7 Å². The molecule has 4 heterocycles. The molecule has 0 spiro atoms. The smallest absolute Gasteiger partial charge is 0.296 e. The van der Waals surface area contributed by atoms with Crippen LogP contribution < -0.4 is 9.47 Å². The second kappa shape index (κ2) is 6.82. The number of ketones is 1. The summed E-state index contributed by atoms with van der Waals surface area (Å²) in [6.07, 6.45) is 1.51. The van der Waals surface area contributed by atoms with Crippen LogP contribution in [0.5, 0.6) is 11.5 Å². The number of hydrogen-bond donors (Lipinski definition) is 1. The lowest BCUT2D eigenvalue weighted by atomic mass is 9.99. The fraction of sp³-hybridized carbons (Fsp3) is 0.143. The predicted molar refractivity (Wildman–Crippen MR) is 103 cm³/mol. The molecule has 0 aliphatic carbocycles. The molecule has 1 saturated heterocycles. The first kappa shape index (κ1) is 17.6. The quantitative estimate of drug-likeness (QED) is 0.402. The van der Waals surface area contributed by atoms with Crippen molar-refractivity contribution >= 4 is 28.8 Å². The predicted octanol–water partition coefficient (Wildman–Crippen LogP) is 3.69. The minimum Gasteiger partial charge on any atom is -0.507 e. The van der Waals surface area contributed by atoms with Gasteiger partial charge in [0.05, 0.1) is 18.4 Å². The monoisotopic (exact) mass is 409 g/mol. The Labute approximate surface area is 169 Å². The number of aliphatic hydroxyl groups excluding tert-OH is 1. The molecular formula is C21H15NO6S. The second-order valence-corrected chi connectivity index (χ2v) is 7.57. The Bertz CT molecular complexity index is 1120. The van der Waals surface area contributed by atoms with Crippen LogP contribution in [-0.4, -0.2) is 28.5 Å². The van der Waals surface area contributed by atoms with Gasteiger partial charge in [0.15, 0.2) is 11.5 Å². The van der Waals surface area contributed by atoms with Crippen molar-refractivity contribution in [1.82, 2.24) is 4.90 Å². The summed E-state index contributed by atoms with van der Waals surface area (Å²) >= 11 is 1.41. The van der Waals surface area contributed by atoms with Gasteiger partial charge < -0.3 is 23.9 Å². The molecule has 5 rings (SSSR count). The summed E-state index contributed by atoms with van der Waals surface area (Å²) in [4.78, 5) is 27.9. The molecule has 7 nitrogen and oxygen atoms in total. The van der Waals surface area contributed by atoms with E-state index in [4.69, 9.17) is 13.9 Å². The van der Waals surface area contributed by atoms with Gasteiger partial charge in [0.25, 0.3) is 11.7 Å². The van der Waals surface area contributed by atoms with Gasteiger partial charge >= 0.3 is 0 Å². The van der Waals surface area contributed by atoms with E-state index >= 15 is 0 Å². The molecule has 1 atom stereocenters. The van der Waals surface area contributed by atoms with Crippen LogP contribution in [0.3, 0.4) is 0 Å². The van der Waals surface area contributed by atoms with Gasteiger partial charge in [-0.2, -0.15) is 0 Å². The first-order chi connectivity index (χ1) is 14.1. The van der Waals surface area contributed by atoms with E-state index in [0.29, 0.717) is 22.8 Å². The van der Waals surface area contributed by atoms with Gasteiger partial charge in [-0.25, -0.2) is 0 Å². The SMILES string of the molecule is O=C1C(=O)N(Cc2ccco2)C(c2cccs2)/C1=C(/O)c1ccc2c(c1)OCO2. The van der Waals surface area contributed by atoms with Gasteiger partial charge in [0, 0.05) is 10.4 Å². The third-order valence-electron chi connectivity index (χ3n) is 4.90. The summed E-state index contributed by atoms with van der Waals surface area (Å²) in [5, 5.41) is 12.9. The Kier molecular flexibility index (Phi) is 4.13. The van der Waals surface area contributed by atoms with Crippen LogP contribution >= 0.6 is 11.3 Å². The van der Waals surface area contributed by atoms with Crippen LogP contribution in [0.25, 0.3) is 5.76 Å². The Morgan fingerprint density at radius 3 is 2.76 bits per heavy atom. The molecule has 1 N–H and O–H groups in total. The van der Waals surface area contributed by atoms with Gasteiger partial charge in [0.2, 0.25) is 6.79 Å². The third-order valence-corrected chi connectivity index (χ3v) is 5.83. The lowest BCUT2D eigenvalue weighted by molar-refractivity contribution is -0.140. The standard InChI is InChI=1S/C21H15NO6S/c23-19(12-5-6-14-15(9-12)28-11-27-14)17-18(16-4-2-8-29-16)22(21(25)20(17)24)10-13-3-1-7-26-13/h1-9,18,23H,10-11H2/b19-17-. The van der Waals surface area contributed by atoms with Crippen LogP contribution in [0.4, 0.5) is 0 Å². The number of rotatable bonds is 4. The van der Waals surface area contributed by atoms with Crippen LogP contribution in [0, 0.1) is 0 Å². The van der Waals surface area contributed by atoms with E-state index in [1.165, 1.54) is 22.5 Å². The molecule has 2 aliphatic heterocycles. The van der Waals surface area contributed by atoms with Crippen molar-refractivity contribution in [2.75, 3.05) is 6.79 Å². The first-order valence-corrected chi connectivity index (χ1v) is 9.75. The highest BCUT2D eigenvalue weighted by molar-refractivity contribution is 7.10. The van der Waals surface area contributed by atoms with Crippen molar-refractivity contribution < 1.29 is 28.6 Å². The molecule has 146 valence electrons. The fourth-order valence-corrected chi connectivity index (χ4v) is 4.40. The van der Waals surface area contributed by atoms with Gasteiger partial charge in [0.1, 0.15) is 17.6 Å². The number of fused-ring (bicyclic) bond motifs is 1. The zero-order valence-electron chi connectivity index (χ0n) is 15.0. The Hall–Kier alpha value is -3.52. The molecule has 0 radical (unpaired) electrons. The molecule has 29 heavy (non-hydrogen) atoms. The average molecular weight is 409 g/mol. The zero-order valence-corrected chi connectivity index (χ0v) is 15.8. The minimum absolute atomic E-state index is 0.0443. The summed E-state index contributed by atoms with van der Waals surface area (Å²) < 4.78 is 16.0. The lowest BCUT2D eigenvalue weighted by Crippen LogP contribution is -2.28. The van der Waals surface area contributed by atoms with Crippen molar-refractivity contribution in [2.45, 2.75) is 12.6 Å². The largest absolute Gasteiger partial charge is 0.507 e. The summed E-state index contributed by atoms with van der Waals surface area (Å²) in [5.74, 6) is -0.0631. The number of thiophene rings is 1. The molecule has 2 aliphatic rings. The van der Waals surface area contributed by atoms with Crippen molar-refractivity contribution in [3.8, 4) is 11.5 Å². The number of furan rings is 1. The number of carbonyl (C=O) groups is 2. The Balaban J connectivity index is 1.62. The molecule has 1 amide bonds. The van der Waals surface area contributed by atoms with E-state index in [-0.39, 0.29) is 24.7 Å². The fourth-order valence-electron chi connectivity index (χ4n) is 3.56.